The van der Waals surface area contributed by atoms with E-state index in [0.717, 1.165) is 12.1 Å². The van der Waals surface area contributed by atoms with Crippen LogP contribution in [0.15, 0.2) is 18.2 Å². The molecule has 0 saturated heterocycles. The van der Waals surface area contributed by atoms with Crippen molar-refractivity contribution in [1.29, 1.82) is 5.26 Å². The maximum absolute atomic E-state index is 13.2. The molecule has 1 aromatic rings. The van der Waals surface area contributed by atoms with Crippen molar-refractivity contribution in [3.05, 3.63) is 35.1 Å². The van der Waals surface area contributed by atoms with Crippen LogP contribution in [0.2, 0.25) is 0 Å². The van der Waals surface area contributed by atoms with Crippen LogP contribution in [0.5, 0.6) is 0 Å². The van der Waals surface area contributed by atoms with Gasteiger partial charge in [0.1, 0.15) is 11.9 Å². The monoisotopic (exact) mass is 246 g/mol. The fraction of sp³-hybridized carbons (Fsp3) is 0.533. The zero-order chi connectivity index (χ0) is 13.0. The van der Waals surface area contributed by atoms with Crippen LogP contribution >= 0.6 is 0 Å². The third-order valence-electron chi connectivity index (χ3n) is 3.78. The molecule has 0 bridgehead atoms. The molecule has 0 heterocycles. The summed E-state index contributed by atoms with van der Waals surface area (Å²) in [5.74, 6) is -0.429. The summed E-state index contributed by atoms with van der Waals surface area (Å²) in [5.41, 5.74) is 1.16. The van der Waals surface area contributed by atoms with Gasteiger partial charge >= 0.3 is 0 Å². The van der Waals surface area contributed by atoms with E-state index in [9.17, 15) is 4.39 Å². The summed E-state index contributed by atoms with van der Waals surface area (Å²) in [6, 6.07) is 7.35. The number of rotatable bonds is 3. The van der Waals surface area contributed by atoms with Crippen LogP contribution in [0.3, 0.4) is 0 Å². The number of nitrogens with zero attached hydrogens (tertiary/aromatic N) is 2. The van der Waals surface area contributed by atoms with Crippen molar-refractivity contribution in [3.63, 3.8) is 0 Å². The van der Waals surface area contributed by atoms with Crippen molar-refractivity contribution >= 4 is 0 Å². The van der Waals surface area contributed by atoms with Crippen LogP contribution in [0.1, 0.15) is 43.2 Å². The molecule has 0 radical (unpaired) electrons. The van der Waals surface area contributed by atoms with E-state index in [-0.39, 0.29) is 5.56 Å². The van der Waals surface area contributed by atoms with Gasteiger partial charge in [-0.3, -0.25) is 4.90 Å². The molecule has 96 valence electrons. The second-order valence-corrected chi connectivity index (χ2v) is 5.13. The van der Waals surface area contributed by atoms with Gasteiger partial charge in [0.15, 0.2) is 0 Å². The van der Waals surface area contributed by atoms with Crippen molar-refractivity contribution in [1.82, 2.24) is 4.90 Å². The molecular weight excluding hydrogens is 227 g/mol. The first kappa shape index (κ1) is 13.0. The molecule has 1 aromatic carbocycles. The maximum Gasteiger partial charge on any atom is 0.140 e. The second-order valence-electron chi connectivity index (χ2n) is 5.13. The first-order chi connectivity index (χ1) is 8.70. The molecule has 1 saturated carbocycles. The van der Waals surface area contributed by atoms with Gasteiger partial charge in [-0.1, -0.05) is 25.3 Å². The Balaban J connectivity index is 2.02. The van der Waals surface area contributed by atoms with E-state index < -0.39 is 5.82 Å². The van der Waals surface area contributed by atoms with Gasteiger partial charge in [-0.05, 0) is 37.6 Å². The summed E-state index contributed by atoms with van der Waals surface area (Å²) in [6.45, 7) is 0.791. The van der Waals surface area contributed by atoms with Gasteiger partial charge in [-0.15, -0.1) is 0 Å². The fourth-order valence-electron chi connectivity index (χ4n) is 2.70. The first-order valence-corrected chi connectivity index (χ1v) is 6.59. The molecule has 0 unspecified atom stereocenters. The number of nitriles is 1. The predicted octanol–water partition coefficient (Wildman–Crippen LogP) is 3.46. The minimum absolute atomic E-state index is 0.143. The summed E-state index contributed by atoms with van der Waals surface area (Å²) in [6.07, 6.45) is 6.47. The Morgan fingerprint density at radius 3 is 2.72 bits per heavy atom. The lowest BCUT2D eigenvalue weighted by Gasteiger charge is -2.31. The molecule has 1 fully saturated rings. The molecule has 3 heteroatoms. The smallest absolute Gasteiger partial charge is 0.140 e. The van der Waals surface area contributed by atoms with Crippen LogP contribution in [0, 0.1) is 17.1 Å². The average molecular weight is 246 g/mol. The molecule has 1 aliphatic carbocycles. The number of hydrogen-bond donors (Lipinski definition) is 0. The van der Waals surface area contributed by atoms with Crippen molar-refractivity contribution in [2.75, 3.05) is 7.05 Å². The van der Waals surface area contributed by atoms with E-state index in [2.05, 4.69) is 11.9 Å². The zero-order valence-corrected chi connectivity index (χ0v) is 10.8. The largest absolute Gasteiger partial charge is 0.299 e. The van der Waals surface area contributed by atoms with E-state index in [1.807, 2.05) is 6.07 Å². The van der Waals surface area contributed by atoms with Crippen LogP contribution in [-0.4, -0.2) is 18.0 Å². The van der Waals surface area contributed by atoms with Crippen molar-refractivity contribution in [2.45, 2.75) is 44.7 Å². The Kier molecular flexibility index (Phi) is 4.33. The SMILES string of the molecule is CN(Cc1ccc(F)c(C#N)c1)C1CCCCC1. The van der Waals surface area contributed by atoms with Gasteiger partial charge in [0.05, 0.1) is 5.56 Å². The molecule has 0 amide bonds. The van der Waals surface area contributed by atoms with Gasteiger partial charge < -0.3 is 0 Å². The molecule has 2 rings (SSSR count). The van der Waals surface area contributed by atoms with E-state index >= 15 is 0 Å². The highest BCUT2D eigenvalue weighted by Gasteiger charge is 2.18. The Morgan fingerprint density at radius 1 is 1.33 bits per heavy atom. The summed E-state index contributed by atoms with van der Waals surface area (Å²) >= 11 is 0. The normalized spacial score (nSPS) is 16.8. The standard InChI is InChI=1S/C15H19FN2/c1-18(14-5-3-2-4-6-14)11-12-7-8-15(16)13(9-12)10-17/h7-9,14H,2-6,11H2,1H3. The van der Waals surface area contributed by atoms with E-state index in [0.29, 0.717) is 6.04 Å². The fourth-order valence-corrected chi connectivity index (χ4v) is 2.70. The Labute approximate surface area is 108 Å². The minimum atomic E-state index is -0.429. The first-order valence-electron chi connectivity index (χ1n) is 6.59. The number of benzene rings is 1. The van der Waals surface area contributed by atoms with Gasteiger partial charge in [0, 0.05) is 12.6 Å². The van der Waals surface area contributed by atoms with Crippen LogP contribution in [0.4, 0.5) is 4.39 Å². The molecule has 18 heavy (non-hydrogen) atoms. The summed E-state index contributed by atoms with van der Waals surface area (Å²) in [4.78, 5) is 2.33. The molecule has 0 aliphatic heterocycles. The van der Waals surface area contributed by atoms with Crippen molar-refractivity contribution in [2.24, 2.45) is 0 Å². The van der Waals surface area contributed by atoms with Gasteiger partial charge in [0.25, 0.3) is 0 Å². The summed E-state index contributed by atoms with van der Waals surface area (Å²) in [5, 5.41) is 8.82. The average Bonchev–Trinajstić information content (AvgIpc) is 2.42. The number of hydrogen-bond acceptors (Lipinski definition) is 2. The Morgan fingerprint density at radius 2 is 2.06 bits per heavy atom. The number of halogens is 1. The van der Waals surface area contributed by atoms with Gasteiger partial charge in [0.2, 0.25) is 0 Å². The third-order valence-corrected chi connectivity index (χ3v) is 3.78. The Bertz CT molecular complexity index is 444. The van der Waals surface area contributed by atoms with Crippen molar-refractivity contribution in [3.8, 4) is 6.07 Å². The third kappa shape index (κ3) is 3.08. The summed E-state index contributed by atoms with van der Waals surface area (Å²) in [7, 11) is 2.12. The minimum Gasteiger partial charge on any atom is -0.299 e. The van der Waals surface area contributed by atoms with Crippen LogP contribution in [-0.2, 0) is 6.54 Å². The summed E-state index contributed by atoms with van der Waals surface area (Å²) < 4.78 is 13.2. The lowest BCUT2D eigenvalue weighted by atomic mass is 9.94. The van der Waals surface area contributed by atoms with Crippen LogP contribution in [0.25, 0.3) is 0 Å². The van der Waals surface area contributed by atoms with Crippen molar-refractivity contribution < 1.29 is 4.39 Å². The molecule has 2 nitrogen and oxygen atoms in total. The second kappa shape index (κ2) is 5.97. The van der Waals surface area contributed by atoms with E-state index in [1.165, 1.54) is 38.2 Å². The Hall–Kier alpha value is -1.40. The molecular formula is C15H19FN2. The highest BCUT2D eigenvalue weighted by molar-refractivity contribution is 5.34. The zero-order valence-electron chi connectivity index (χ0n) is 10.8. The maximum atomic E-state index is 13.2. The topological polar surface area (TPSA) is 27.0 Å². The quantitative estimate of drug-likeness (QED) is 0.816. The highest BCUT2D eigenvalue weighted by Crippen LogP contribution is 2.23. The van der Waals surface area contributed by atoms with E-state index in [1.54, 1.807) is 12.1 Å². The molecule has 0 N–H and O–H groups in total. The van der Waals surface area contributed by atoms with Crippen LogP contribution < -0.4 is 0 Å². The predicted molar refractivity (Wildman–Crippen MR) is 69.5 cm³/mol. The molecule has 0 spiro atoms. The molecule has 0 atom stereocenters. The van der Waals surface area contributed by atoms with E-state index in [4.69, 9.17) is 5.26 Å². The highest BCUT2D eigenvalue weighted by atomic mass is 19.1. The lowest BCUT2D eigenvalue weighted by Crippen LogP contribution is -2.32. The molecule has 1 aliphatic rings. The van der Waals surface area contributed by atoms with Gasteiger partial charge in [-0.25, -0.2) is 4.39 Å². The lowest BCUT2D eigenvalue weighted by molar-refractivity contribution is 0.184. The molecule has 0 aromatic heterocycles. The van der Waals surface area contributed by atoms with Gasteiger partial charge in [-0.2, -0.15) is 5.26 Å².